The summed E-state index contributed by atoms with van der Waals surface area (Å²) < 4.78 is 0. The van der Waals surface area contributed by atoms with Crippen LogP contribution in [-0.4, -0.2) is 0 Å². The van der Waals surface area contributed by atoms with Crippen LogP contribution in [0.4, 0.5) is 0 Å². The Bertz CT molecular complexity index is 535. The van der Waals surface area contributed by atoms with Crippen molar-refractivity contribution in [2.24, 2.45) is 0 Å². The fourth-order valence-electron chi connectivity index (χ4n) is 2.91. The molecule has 0 fully saturated rings. The number of hydrogen-bond acceptors (Lipinski definition) is 0. The largest absolute Gasteiger partial charge is 4.00 e. The molecule has 0 saturated carbocycles. The molecule has 2 aromatic rings. The van der Waals surface area contributed by atoms with Crippen molar-refractivity contribution in [2.45, 2.75) is 48.5 Å². The Morgan fingerprint density at radius 2 is 1.00 bits per heavy atom. The van der Waals surface area contributed by atoms with Crippen LogP contribution in [0, 0.1) is 70.7 Å². The van der Waals surface area contributed by atoms with Gasteiger partial charge in [-0.15, -0.1) is 27.5 Å². The zero-order valence-electron chi connectivity index (χ0n) is 15.0. The summed E-state index contributed by atoms with van der Waals surface area (Å²) >= 11 is 0. The molecule has 2 rings (SSSR count). The molecule has 1 heteroatoms. The number of benzene rings is 1. The summed E-state index contributed by atoms with van der Waals surface area (Å²) in [5, 5.41) is 2.99. The molecule has 0 unspecified atom stereocenters. The third-order valence-electron chi connectivity index (χ3n) is 4.56. The fraction of sp³-hybridized carbons (Fsp3) is 0.368. The first-order chi connectivity index (χ1) is 7.37. The molecule has 2 aromatic carbocycles. The van der Waals surface area contributed by atoms with Crippen molar-refractivity contribution >= 4 is 10.8 Å². The van der Waals surface area contributed by atoms with Gasteiger partial charge in [0.2, 0.25) is 0 Å². The van der Waals surface area contributed by atoms with Gasteiger partial charge in [0.05, 0.1) is 0 Å². The maximum atomic E-state index is 2.26. The summed E-state index contributed by atoms with van der Waals surface area (Å²) in [5.41, 5.74) is 10.2. The quantitative estimate of drug-likeness (QED) is 0.409. The zero-order chi connectivity index (χ0) is 12.2. The van der Waals surface area contributed by atoms with Crippen LogP contribution in [0.5, 0.6) is 0 Å². The Morgan fingerprint density at radius 3 is 1.45 bits per heavy atom. The number of aryl methyl sites for hydroxylation is 4. The van der Waals surface area contributed by atoms with Crippen molar-refractivity contribution in [3.05, 3.63) is 61.2 Å². The van der Waals surface area contributed by atoms with Crippen molar-refractivity contribution in [2.75, 3.05) is 0 Å². The Balaban J connectivity index is -0.000000722. The van der Waals surface area contributed by atoms with Crippen LogP contribution < -0.4 is 0 Å². The van der Waals surface area contributed by atoms with E-state index in [4.69, 9.17) is 0 Å². The molecular formula is C19H30Ti. The van der Waals surface area contributed by atoms with Gasteiger partial charge in [0.25, 0.3) is 0 Å². The summed E-state index contributed by atoms with van der Waals surface area (Å²) in [4.78, 5) is 0. The Kier molecular flexibility index (Phi) is 9.95. The van der Waals surface area contributed by atoms with Gasteiger partial charge in [-0.25, -0.2) is 0 Å². The molecule has 110 valence electrons. The summed E-state index contributed by atoms with van der Waals surface area (Å²) in [6.07, 6.45) is 0. The molecule has 0 N–H and O–H groups in total. The summed E-state index contributed by atoms with van der Waals surface area (Å²) in [6, 6.07) is 0. The molecule has 0 bridgehead atoms. The van der Waals surface area contributed by atoms with Crippen molar-refractivity contribution in [1.82, 2.24) is 0 Å². The van der Waals surface area contributed by atoms with Crippen molar-refractivity contribution in [1.29, 1.82) is 0 Å². The minimum absolute atomic E-state index is 0. The standard InChI is InChI=1S/C16H21.3CH3.Ti/c1-8-9(2)12(5)16-14(7)10(3)13(6)15(16)11(8)4;;;;/h1-7H3;3*1H3;/q4*-1;+4. The smallest absolute Gasteiger partial charge is 0.358 e. The van der Waals surface area contributed by atoms with Gasteiger partial charge < -0.3 is 22.3 Å². The first kappa shape index (κ1) is 24.6. The average molecular weight is 306 g/mol. The first-order valence-corrected chi connectivity index (χ1v) is 6.00. The van der Waals surface area contributed by atoms with Crippen molar-refractivity contribution in [3.63, 3.8) is 0 Å². The minimum atomic E-state index is 0. The van der Waals surface area contributed by atoms with Gasteiger partial charge in [0.15, 0.2) is 0 Å². The molecule has 0 amide bonds. The Morgan fingerprint density at radius 1 is 0.600 bits per heavy atom. The third kappa shape index (κ3) is 3.07. The SMILES string of the molecule is Cc1c(C)c(C)c2c(c1C)c(C)c(C)[c-]2C.[CH3-].[CH3-].[CH3-].[Ti+4]. The van der Waals surface area contributed by atoms with Gasteiger partial charge in [-0.2, -0.15) is 5.56 Å². The van der Waals surface area contributed by atoms with E-state index in [9.17, 15) is 0 Å². The maximum Gasteiger partial charge on any atom is 4.00 e. The fourth-order valence-corrected chi connectivity index (χ4v) is 2.91. The molecule has 20 heavy (non-hydrogen) atoms. The van der Waals surface area contributed by atoms with E-state index >= 15 is 0 Å². The monoisotopic (exact) mass is 306 g/mol. The third-order valence-corrected chi connectivity index (χ3v) is 4.56. The number of fused-ring (bicyclic) bond motifs is 1. The van der Waals surface area contributed by atoms with Crippen LogP contribution >= 0.6 is 0 Å². The predicted molar refractivity (Wildman–Crippen MR) is 91.9 cm³/mol. The van der Waals surface area contributed by atoms with Gasteiger partial charge in [0, 0.05) is 0 Å². The molecule has 0 heterocycles. The van der Waals surface area contributed by atoms with Crippen LogP contribution in [0.25, 0.3) is 10.8 Å². The summed E-state index contributed by atoms with van der Waals surface area (Å²) in [5.74, 6) is 0. The maximum absolute atomic E-state index is 2.26. The molecule has 0 spiro atoms. The molecule has 0 atom stereocenters. The number of hydrogen-bond donors (Lipinski definition) is 0. The zero-order valence-corrected chi connectivity index (χ0v) is 16.6. The molecule has 0 aromatic heterocycles. The molecule has 0 radical (unpaired) electrons. The van der Waals surface area contributed by atoms with Crippen LogP contribution in [0.15, 0.2) is 0 Å². The van der Waals surface area contributed by atoms with Crippen molar-refractivity contribution in [3.8, 4) is 0 Å². The van der Waals surface area contributed by atoms with E-state index in [1.165, 1.54) is 49.7 Å². The van der Waals surface area contributed by atoms with Crippen molar-refractivity contribution < 1.29 is 21.7 Å². The van der Waals surface area contributed by atoms with E-state index in [-0.39, 0.29) is 44.0 Å². The second kappa shape index (κ2) is 8.10. The van der Waals surface area contributed by atoms with E-state index in [2.05, 4.69) is 48.5 Å². The summed E-state index contributed by atoms with van der Waals surface area (Å²) in [6.45, 7) is 15.8. The van der Waals surface area contributed by atoms with E-state index in [1.54, 1.807) is 0 Å². The second-order valence-corrected chi connectivity index (χ2v) is 5.12. The predicted octanol–water partition coefficient (Wildman–Crippen LogP) is 6.07. The average Bonchev–Trinajstić information content (AvgIpc) is 2.48. The van der Waals surface area contributed by atoms with E-state index in [0.717, 1.165) is 0 Å². The molecule has 0 aliphatic rings. The van der Waals surface area contributed by atoms with Crippen LogP contribution in [0.3, 0.4) is 0 Å². The van der Waals surface area contributed by atoms with E-state index in [0.29, 0.717) is 0 Å². The van der Waals surface area contributed by atoms with Gasteiger partial charge >= 0.3 is 21.7 Å². The molecule has 0 nitrogen and oxygen atoms in total. The topological polar surface area (TPSA) is 0 Å². The normalized spacial score (nSPS) is 9.15. The minimum Gasteiger partial charge on any atom is -0.358 e. The van der Waals surface area contributed by atoms with E-state index < -0.39 is 0 Å². The van der Waals surface area contributed by atoms with Crippen LogP contribution in [0.1, 0.15) is 38.9 Å². The molecule has 0 aliphatic carbocycles. The van der Waals surface area contributed by atoms with Crippen LogP contribution in [0.2, 0.25) is 0 Å². The second-order valence-electron chi connectivity index (χ2n) is 5.12. The van der Waals surface area contributed by atoms with Gasteiger partial charge in [-0.1, -0.05) is 44.4 Å². The van der Waals surface area contributed by atoms with Gasteiger partial charge in [0.1, 0.15) is 0 Å². The van der Waals surface area contributed by atoms with Gasteiger partial charge in [-0.05, 0) is 20.8 Å². The molecule has 0 aliphatic heterocycles. The molecule has 0 saturated heterocycles. The van der Waals surface area contributed by atoms with Gasteiger partial charge in [-0.3, -0.25) is 0 Å². The Hall–Kier alpha value is -0.456. The van der Waals surface area contributed by atoms with E-state index in [1.807, 2.05) is 0 Å². The summed E-state index contributed by atoms with van der Waals surface area (Å²) in [7, 11) is 0. The first-order valence-electron chi connectivity index (χ1n) is 6.00. The Labute approximate surface area is 142 Å². The molecular weight excluding hydrogens is 276 g/mol. The van der Waals surface area contributed by atoms with Crippen LogP contribution in [-0.2, 0) is 21.7 Å². The number of rotatable bonds is 0.